The monoisotopic (exact) mass is 199 g/mol. The lowest BCUT2D eigenvalue weighted by Crippen LogP contribution is -2.26. The van der Waals surface area contributed by atoms with Gasteiger partial charge in [-0.25, -0.2) is 10.3 Å². The largest absolute Gasteiger partial charge is 0.497 e. The van der Waals surface area contributed by atoms with Gasteiger partial charge in [-0.15, -0.1) is 0 Å². The molecule has 0 fully saturated rings. The Kier molecular flexibility index (Phi) is 3.08. The van der Waals surface area contributed by atoms with E-state index >= 15 is 0 Å². The van der Waals surface area contributed by atoms with Crippen LogP contribution in [0.4, 0.5) is 4.39 Å². The van der Waals surface area contributed by atoms with Crippen LogP contribution >= 0.6 is 0 Å². The molecule has 0 unspecified atom stereocenters. The lowest BCUT2D eigenvalue weighted by molar-refractivity contribution is -0.0260. The zero-order chi connectivity index (χ0) is 10.8. The second-order valence-electron chi connectivity index (χ2n) is 3.47. The predicted molar refractivity (Wildman–Crippen MR) is 51.3 cm³/mol. The van der Waals surface area contributed by atoms with Crippen LogP contribution in [0.1, 0.15) is 19.4 Å². The number of hydrogen-bond acceptors (Lipinski definition) is 3. The number of methoxy groups -OCH3 is 1. The highest BCUT2D eigenvalue weighted by Gasteiger charge is 2.24. The molecule has 0 aliphatic carbocycles. The van der Waals surface area contributed by atoms with Crippen molar-refractivity contribution in [1.29, 1.82) is 0 Å². The van der Waals surface area contributed by atoms with Crippen LogP contribution in [0.15, 0.2) is 18.2 Å². The maximum absolute atomic E-state index is 13.5. The smallest absolute Gasteiger partial charge is 0.133 e. The Hall–Kier alpha value is -1.13. The molecule has 2 N–H and O–H groups in total. The van der Waals surface area contributed by atoms with E-state index in [1.807, 2.05) is 0 Å². The van der Waals surface area contributed by atoms with E-state index in [2.05, 4.69) is 0 Å². The molecule has 0 aromatic heterocycles. The molecule has 14 heavy (non-hydrogen) atoms. The van der Waals surface area contributed by atoms with Crippen LogP contribution in [0.5, 0.6) is 5.75 Å². The number of benzene rings is 1. The normalized spacial score (nSPS) is 11.5. The lowest BCUT2D eigenvalue weighted by atomic mass is 9.98. The Morgan fingerprint density at radius 2 is 2.00 bits per heavy atom. The summed E-state index contributed by atoms with van der Waals surface area (Å²) in [5.74, 6) is 5.16. The Labute approximate surface area is 82.6 Å². The molecule has 0 amide bonds. The number of hydrogen-bond donors (Lipinski definition) is 1. The van der Waals surface area contributed by atoms with Gasteiger partial charge in [-0.2, -0.15) is 0 Å². The van der Waals surface area contributed by atoms with E-state index < -0.39 is 5.60 Å². The second-order valence-corrected chi connectivity index (χ2v) is 3.47. The topological polar surface area (TPSA) is 44.5 Å². The molecule has 4 heteroatoms. The maximum atomic E-state index is 13.5. The number of halogens is 1. The first-order valence-corrected chi connectivity index (χ1v) is 4.23. The van der Waals surface area contributed by atoms with Crippen LogP contribution in [-0.4, -0.2) is 7.11 Å². The van der Waals surface area contributed by atoms with Crippen LogP contribution in [0.25, 0.3) is 0 Å². The number of ether oxygens (including phenoxy) is 1. The van der Waals surface area contributed by atoms with Gasteiger partial charge in [-0.05, 0) is 26.0 Å². The van der Waals surface area contributed by atoms with Crippen molar-refractivity contribution in [2.75, 3.05) is 7.11 Å². The highest BCUT2D eigenvalue weighted by Crippen LogP contribution is 2.27. The fourth-order valence-electron chi connectivity index (χ4n) is 1.17. The average Bonchev–Trinajstić information content (AvgIpc) is 2.17. The van der Waals surface area contributed by atoms with E-state index in [-0.39, 0.29) is 5.82 Å². The minimum atomic E-state index is -0.837. The summed E-state index contributed by atoms with van der Waals surface area (Å²) in [6, 6.07) is 4.57. The minimum Gasteiger partial charge on any atom is -0.497 e. The Morgan fingerprint density at radius 3 is 2.43 bits per heavy atom. The first-order valence-electron chi connectivity index (χ1n) is 4.23. The molecule has 0 aliphatic heterocycles. The number of nitrogens with two attached hydrogens (primary N) is 1. The third-order valence-corrected chi connectivity index (χ3v) is 2.12. The van der Waals surface area contributed by atoms with Crippen LogP contribution < -0.4 is 10.6 Å². The zero-order valence-corrected chi connectivity index (χ0v) is 8.50. The van der Waals surface area contributed by atoms with Crippen molar-refractivity contribution in [2.24, 2.45) is 5.90 Å². The highest BCUT2D eigenvalue weighted by molar-refractivity contribution is 5.31. The third kappa shape index (κ3) is 2.02. The molecule has 0 heterocycles. The lowest BCUT2D eigenvalue weighted by Gasteiger charge is -2.22. The predicted octanol–water partition coefficient (Wildman–Crippen LogP) is 1.96. The first-order chi connectivity index (χ1) is 6.51. The van der Waals surface area contributed by atoms with Crippen molar-refractivity contribution in [1.82, 2.24) is 0 Å². The van der Waals surface area contributed by atoms with Crippen LogP contribution in [-0.2, 0) is 10.4 Å². The van der Waals surface area contributed by atoms with Gasteiger partial charge in [0.2, 0.25) is 0 Å². The summed E-state index contributed by atoms with van der Waals surface area (Å²) in [6.07, 6.45) is 0. The van der Waals surface area contributed by atoms with Crippen molar-refractivity contribution in [3.05, 3.63) is 29.6 Å². The van der Waals surface area contributed by atoms with Crippen LogP contribution in [0.2, 0.25) is 0 Å². The van der Waals surface area contributed by atoms with Gasteiger partial charge in [-0.3, -0.25) is 4.84 Å². The molecular weight excluding hydrogens is 185 g/mol. The highest BCUT2D eigenvalue weighted by atomic mass is 19.1. The summed E-state index contributed by atoms with van der Waals surface area (Å²) < 4.78 is 18.4. The quantitative estimate of drug-likeness (QED) is 0.757. The Bertz CT molecular complexity index is 326. The molecule has 1 rings (SSSR count). The van der Waals surface area contributed by atoms with E-state index in [1.54, 1.807) is 26.0 Å². The molecule has 0 spiro atoms. The van der Waals surface area contributed by atoms with E-state index in [0.29, 0.717) is 11.3 Å². The van der Waals surface area contributed by atoms with Gasteiger partial charge in [0, 0.05) is 11.6 Å². The second kappa shape index (κ2) is 3.94. The van der Waals surface area contributed by atoms with Crippen molar-refractivity contribution in [3.63, 3.8) is 0 Å². The summed E-state index contributed by atoms with van der Waals surface area (Å²) in [5, 5.41) is 0. The van der Waals surface area contributed by atoms with Gasteiger partial charge >= 0.3 is 0 Å². The van der Waals surface area contributed by atoms with E-state index in [4.69, 9.17) is 15.5 Å². The zero-order valence-electron chi connectivity index (χ0n) is 8.50. The molecule has 3 nitrogen and oxygen atoms in total. The van der Waals surface area contributed by atoms with E-state index in [1.165, 1.54) is 13.2 Å². The van der Waals surface area contributed by atoms with Crippen molar-refractivity contribution in [3.8, 4) is 5.75 Å². The minimum absolute atomic E-state index is 0.389. The Balaban J connectivity index is 3.12. The van der Waals surface area contributed by atoms with Gasteiger partial charge < -0.3 is 4.74 Å². The van der Waals surface area contributed by atoms with E-state index in [0.717, 1.165) is 0 Å². The third-order valence-electron chi connectivity index (χ3n) is 2.12. The standard InChI is InChI=1S/C10H14FNO2/c1-10(2,14-12)8-5-4-7(13-3)6-9(8)11/h4-6H,12H2,1-3H3. The van der Waals surface area contributed by atoms with Gasteiger partial charge in [0.1, 0.15) is 17.2 Å². The maximum Gasteiger partial charge on any atom is 0.133 e. The molecule has 0 atom stereocenters. The SMILES string of the molecule is COc1ccc(C(C)(C)ON)c(F)c1. The van der Waals surface area contributed by atoms with Crippen LogP contribution in [0.3, 0.4) is 0 Å². The molecular formula is C10H14FNO2. The molecule has 0 bridgehead atoms. The molecule has 0 saturated carbocycles. The fourth-order valence-corrected chi connectivity index (χ4v) is 1.17. The van der Waals surface area contributed by atoms with Gasteiger partial charge in [-0.1, -0.05) is 0 Å². The van der Waals surface area contributed by atoms with E-state index in [9.17, 15) is 4.39 Å². The Morgan fingerprint density at radius 1 is 1.36 bits per heavy atom. The van der Waals surface area contributed by atoms with Crippen molar-refractivity contribution >= 4 is 0 Å². The summed E-state index contributed by atoms with van der Waals surface area (Å²) in [5.41, 5.74) is -0.433. The summed E-state index contributed by atoms with van der Waals surface area (Å²) in [4.78, 5) is 4.70. The summed E-state index contributed by atoms with van der Waals surface area (Å²) >= 11 is 0. The molecule has 1 aromatic carbocycles. The van der Waals surface area contributed by atoms with Crippen molar-refractivity contribution < 1.29 is 14.0 Å². The van der Waals surface area contributed by atoms with Crippen molar-refractivity contribution in [2.45, 2.75) is 19.4 Å². The average molecular weight is 199 g/mol. The molecule has 0 saturated heterocycles. The molecule has 1 aromatic rings. The van der Waals surface area contributed by atoms with Gasteiger partial charge in [0.05, 0.1) is 7.11 Å². The van der Waals surface area contributed by atoms with Crippen LogP contribution in [0, 0.1) is 5.82 Å². The number of rotatable bonds is 3. The summed E-state index contributed by atoms with van der Waals surface area (Å²) in [6.45, 7) is 3.38. The summed E-state index contributed by atoms with van der Waals surface area (Å²) in [7, 11) is 1.49. The fraction of sp³-hybridized carbons (Fsp3) is 0.400. The van der Waals surface area contributed by atoms with Gasteiger partial charge in [0.15, 0.2) is 0 Å². The molecule has 78 valence electrons. The van der Waals surface area contributed by atoms with Gasteiger partial charge in [0.25, 0.3) is 0 Å². The first kappa shape index (κ1) is 10.9. The molecule has 0 aliphatic rings. The molecule has 0 radical (unpaired) electrons.